The molecule has 2 amide bonds. The van der Waals surface area contributed by atoms with Crippen molar-refractivity contribution < 1.29 is 14.3 Å². The highest BCUT2D eigenvalue weighted by Gasteiger charge is 2.41. The van der Waals surface area contributed by atoms with Crippen LogP contribution in [0.3, 0.4) is 0 Å². The second-order valence-electron chi connectivity index (χ2n) is 7.61. The summed E-state index contributed by atoms with van der Waals surface area (Å²) in [7, 11) is 1.63. The number of amides is 2. The molecule has 0 bridgehead atoms. The van der Waals surface area contributed by atoms with Crippen LogP contribution in [0.4, 0.5) is 0 Å². The number of rotatable bonds is 5. The Kier molecular flexibility index (Phi) is 5.33. The molecule has 1 aliphatic carbocycles. The Hall–Kier alpha value is -2.82. The van der Waals surface area contributed by atoms with Gasteiger partial charge in [0.15, 0.2) is 0 Å². The second-order valence-corrected chi connectivity index (χ2v) is 7.61. The van der Waals surface area contributed by atoms with E-state index in [4.69, 9.17) is 4.74 Å². The summed E-state index contributed by atoms with van der Waals surface area (Å²) in [6.07, 6.45) is 5.58. The summed E-state index contributed by atoms with van der Waals surface area (Å²) in [6, 6.07) is 14.7. The van der Waals surface area contributed by atoms with Gasteiger partial charge in [-0.25, -0.2) is 0 Å². The van der Waals surface area contributed by atoms with Crippen molar-refractivity contribution in [3.8, 4) is 5.75 Å². The molecule has 1 atom stereocenters. The predicted molar refractivity (Wildman–Crippen MR) is 107 cm³/mol. The van der Waals surface area contributed by atoms with Gasteiger partial charge < -0.3 is 15.0 Å². The van der Waals surface area contributed by atoms with Gasteiger partial charge in [-0.3, -0.25) is 9.59 Å². The highest BCUT2D eigenvalue weighted by atomic mass is 16.5. The Morgan fingerprint density at radius 2 is 1.79 bits per heavy atom. The van der Waals surface area contributed by atoms with E-state index in [0.29, 0.717) is 12.1 Å². The highest BCUT2D eigenvalue weighted by molar-refractivity contribution is 6.04. The van der Waals surface area contributed by atoms with Gasteiger partial charge in [0.2, 0.25) is 5.91 Å². The molecule has 2 aliphatic rings. The Balaban J connectivity index is 1.59. The fourth-order valence-corrected chi connectivity index (χ4v) is 4.27. The number of methoxy groups -OCH3 is 1. The van der Waals surface area contributed by atoms with Crippen molar-refractivity contribution in [3.05, 3.63) is 65.2 Å². The first-order chi connectivity index (χ1) is 13.7. The number of nitrogens with zero attached hydrogens (tertiary/aromatic N) is 1. The first kappa shape index (κ1) is 18.5. The predicted octanol–water partition coefficient (Wildman–Crippen LogP) is 3.84. The van der Waals surface area contributed by atoms with Crippen molar-refractivity contribution in [1.29, 1.82) is 0 Å². The molecule has 1 unspecified atom stereocenters. The van der Waals surface area contributed by atoms with Gasteiger partial charge in [0.25, 0.3) is 5.91 Å². The summed E-state index contributed by atoms with van der Waals surface area (Å²) >= 11 is 0. The molecule has 28 heavy (non-hydrogen) atoms. The van der Waals surface area contributed by atoms with Crippen molar-refractivity contribution in [2.24, 2.45) is 0 Å². The molecular weight excluding hydrogens is 352 g/mol. The molecule has 0 radical (unpaired) electrons. The lowest BCUT2D eigenvalue weighted by Crippen LogP contribution is -2.43. The van der Waals surface area contributed by atoms with E-state index < -0.39 is 6.04 Å². The fourth-order valence-electron chi connectivity index (χ4n) is 4.27. The third kappa shape index (κ3) is 3.61. The summed E-state index contributed by atoms with van der Waals surface area (Å²) < 4.78 is 5.21. The number of benzene rings is 2. The topological polar surface area (TPSA) is 58.6 Å². The van der Waals surface area contributed by atoms with Gasteiger partial charge in [0.1, 0.15) is 11.8 Å². The molecule has 5 heteroatoms. The van der Waals surface area contributed by atoms with Crippen LogP contribution in [0.5, 0.6) is 5.75 Å². The number of carbonyl (C=O) groups excluding carboxylic acids is 2. The minimum absolute atomic E-state index is 0.0706. The average Bonchev–Trinajstić information content (AvgIpc) is 3.01. The fraction of sp³-hybridized carbons (Fsp3) is 0.391. The molecule has 1 fully saturated rings. The van der Waals surface area contributed by atoms with E-state index in [9.17, 15) is 9.59 Å². The first-order valence-electron chi connectivity index (χ1n) is 10.0. The van der Waals surface area contributed by atoms with Gasteiger partial charge in [-0.1, -0.05) is 49.6 Å². The van der Waals surface area contributed by atoms with Crippen LogP contribution in [0, 0.1) is 0 Å². The van der Waals surface area contributed by atoms with Gasteiger partial charge in [-0.2, -0.15) is 0 Å². The van der Waals surface area contributed by atoms with Crippen molar-refractivity contribution in [1.82, 2.24) is 10.2 Å². The number of ether oxygens (including phenoxy) is 1. The van der Waals surface area contributed by atoms with E-state index in [1.54, 1.807) is 12.0 Å². The maximum atomic E-state index is 13.2. The molecule has 146 valence electrons. The van der Waals surface area contributed by atoms with Crippen LogP contribution in [0.15, 0.2) is 48.5 Å². The minimum Gasteiger partial charge on any atom is -0.497 e. The summed E-state index contributed by atoms with van der Waals surface area (Å²) in [4.78, 5) is 27.9. The normalized spacial score (nSPS) is 19.4. The summed E-state index contributed by atoms with van der Waals surface area (Å²) in [5.74, 6) is 0.611. The van der Waals surface area contributed by atoms with Gasteiger partial charge in [0.05, 0.1) is 7.11 Å². The number of hydrogen-bond acceptors (Lipinski definition) is 3. The van der Waals surface area contributed by atoms with Crippen LogP contribution >= 0.6 is 0 Å². The zero-order chi connectivity index (χ0) is 19.5. The lowest BCUT2D eigenvalue weighted by Gasteiger charge is -2.28. The number of hydrogen-bond donors (Lipinski definition) is 1. The molecule has 0 spiro atoms. The minimum atomic E-state index is -0.576. The van der Waals surface area contributed by atoms with Crippen molar-refractivity contribution in [2.45, 2.75) is 50.7 Å². The first-order valence-corrected chi connectivity index (χ1v) is 10.0. The monoisotopic (exact) mass is 378 g/mol. The maximum absolute atomic E-state index is 13.2. The largest absolute Gasteiger partial charge is 0.497 e. The zero-order valence-corrected chi connectivity index (χ0v) is 16.2. The lowest BCUT2D eigenvalue weighted by molar-refractivity contribution is -0.126. The Morgan fingerprint density at radius 1 is 1.07 bits per heavy atom. The Morgan fingerprint density at radius 3 is 2.50 bits per heavy atom. The molecule has 1 aliphatic heterocycles. The number of fused-ring (bicyclic) bond motifs is 1. The number of nitrogens with one attached hydrogen (secondary N) is 1. The van der Waals surface area contributed by atoms with Crippen molar-refractivity contribution in [3.63, 3.8) is 0 Å². The summed E-state index contributed by atoms with van der Waals surface area (Å²) in [5.41, 5.74) is 2.39. The van der Waals surface area contributed by atoms with E-state index in [1.165, 1.54) is 6.42 Å². The van der Waals surface area contributed by atoms with Crippen molar-refractivity contribution in [2.75, 3.05) is 7.11 Å². The molecule has 0 saturated heterocycles. The summed E-state index contributed by atoms with van der Waals surface area (Å²) in [6.45, 7) is 0.389. The molecule has 1 heterocycles. The van der Waals surface area contributed by atoms with Gasteiger partial charge in [-0.15, -0.1) is 0 Å². The average molecular weight is 378 g/mol. The molecule has 2 aromatic rings. The van der Waals surface area contributed by atoms with Crippen LogP contribution in [-0.2, 0) is 11.3 Å². The standard InChI is InChI=1S/C23H26N2O3/c1-28-18-13-11-16(12-14-18)15-25-21(19-9-5-6-10-20(19)23(25)27)22(26)24-17-7-3-2-4-8-17/h5-6,9-14,17,21H,2-4,7-8,15H2,1H3,(H,24,26). The SMILES string of the molecule is COc1ccc(CN2C(=O)c3ccccc3C2C(=O)NC2CCCCC2)cc1. The van der Waals surface area contributed by atoms with Gasteiger partial charge in [0, 0.05) is 18.2 Å². The van der Waals surface area contributed by atoms with Crippen LogP contribution in [0.2, 0.25) is 0 Å². The van der Waals surface area contributed by atoms with E-state index >= 15 is 0 Å². The van der Waals surface area contributed by atoms with E-state index in [1.807, 2.05) is 48.5 Å². The van der Waals surface area contributed by atoms with Crippen LogP contribution in [-0.4, -0.2) is 29.9 Å². The molecule has 0 aromatic heterocycles. The third-order valence-corrected chi connectivity index (χ3v) is 5.77. The van der Waals surface area contributed by atoms with Crippen LogP contribution < -0.4 is 10.1 Å². The van der Waals surface area contributed by atoms with Crippen LogP contribution in [0.1, 0.15) is 59.6 Å². The zero-order valence-electron chi connectivity index (χ0n) is 16.2. The van der Waals surface area contributed by atoms with Crippen molar-refractivity contribution >= 4 is 11.8 Å². The molecule has 1 saturated carbocycles. The smallest absolute Gasteiger partial charge is 0.255 e. The Labute approximate surface area is 165 Å². The lowest BCUT2D eigenvalue weighted by atomic mass is 9.95. The molecule has 5 nitrogen and oxygen atoms in total. The van der Waals surface area contributed by atoms with Gasteiger partial charge in [-0.05, 0) is 42.2 Å². The molecule has 1 N–H and O–H groups in total. The van der Waals surface area contributed by atoms with E-state index in [2.05, 4.69) is 5.32 Å². The third-order valence-electron chi connectivity index (χ3n) is 5.77. The van der Waals surface area contributed by atoms with Crippen LogP contribution in [0.25, 0.3) is 0 Å². The van der Waals surface area contributed by atoms with E-state index in [-0.39, 0.29) is 17.9 Å². The van der Waals surface area contributed by atoms with E-state index in [0.717, 1.165) is 42.6 Å². The maximum Gasteiger partial charge on any atom is 0.255 e. The second kappa shape index (κ2) is 8.05. The molecular formula is C23H26N2O3. The highest BCUT2D eigenvalue weighted by Crippen LogP contribution is 2.35. The quantitative estimate of drug-likeness (QED) is 0.860. The van der Waals surface area contributed by atoms with Gasteiger partial charge >= 0.3 is 0 Å². The summed E-state index contributed by atoms with van der Waals surface area (Å²) in [5, 5.41) is 3.20. The molecule has 4 rings (SSSR count). The molecule has 2 aromatic carbocycles. The number of carbonyl (C=O) groups is 2. The Bertz CT molecular complexity index is 856.